The van der Waals surface area contributed by atoms with Crippen molar-refractivity contribution in [2.75, 3.05) is 12.3 Å². The van der Waals surface area contributed by atoms with Gasteiger partial charge in [0.2, 0.25) is 5.91 Å². The molecule has 0 saturated carbocycles. The first-order valence-electron chi connectivity index (χ1n) is 5.08. The number of carbonyl (C=O) groups is 1. The number of nitrogen functional groups attached to an aromatic ring is 1. The largest absolute Gasteiger partial charge is 0.375 e. The molecule has 15 heavy (non-hydrogen) atoms. The molecule has 84 valence electrons. The molecule has 1 aromatic rings. The van der Waals surface area contributed by atoms with Crippen LogP contribution < -0.4 is 11.1 Å². The van der Waals surface area contributed by atoms with E-state index in [1.807, 2.05) is 5.38 Å². The fourth-order valence-electron chi connectivity index (χ4n) is 1.06. The predicted molar refractivity (Wildman–Crippen MR) is 62.7 cm³/mol. The molecule has 0 saturated heterocycles. The number of nitrogens with one attached hydrogen (secondary N) is 1. The Morgan fingerprint density at radius 2 is 2.47 bits per heavy atom. The molecule has 1 amide bonds. The Bertz CT molecular complexity index is 324. The summed E-state index contributed by atoms with van der Waals surface area (Å²) in [4.78, 5) is 15.5. The summed E-state index contributed by atoms with van der Waals surface area (Å²) in [6.45, 7) is 4.95. The molecule has 0 spiro atoms. The minimum absolute atomic E-state index is 0.0144. The van der Waals surface area contributed by atoms with Crippen molar-refractivity contribution in [3.63, 3.8) is 0 Å². The van der Waals surface area contributed by atoms with E-state index in [2.05, 4.69) is 24.1 Å². The molecule has 0 aliphatic carbocycles. The summed E-state index contributed by atoms with van der Waals surface area (Å²) in [7, 11) is 0. The number of amides is 1. The van der Waals surface area contributed by atoms with Crippen LogP contribution in [0.15, 0.2) is 5.38 Å². The summed E-state index contributed by atoms with van der Waals surface area (Å²) in [6.07, 6.45) is 1.40. The fourth-order valence-corrected chi connectivity index (χ4v) is 1.63. The van der Waals surface area contributed by atoms with Crippen LogP contribution in [0.5, 0.6) is 0 Å². The average molecular weight is 227 g/mol. The van der Waals surface area contributed by atoms with Crippen LogP contribution in [0.25, 0.3) is 0 Å². The highest BCUT2D eigenvalue weighted by Gasteiger charge is 2.07. The number of hydrogen-bond donors (Lipinski definition) is 2. The number of nitrogens with zero attached hydrogens (tertiary/aromatic N) is 1. The zero-order chi connectivity index (χ0) is 11.3. The van der Waals surface area contributed by atoms with E-state index in [1.54, 1.807) is 0 Å². The quantitative estimate of drug-likeness (QED) is 0.799. The van der Waals surface area contributed by atoms with Crippen LogP contribution >= 0.6 is 11.3 Å². The molecule has 0 bridgehead atoms. The third kappa shape index (κ3) is 4.29. The van der Waals surface area contributed by atoms with Crippen LogP contribution in [-0.2, 0) is 11.2 Å². The SMILES string of the molecule is CCC(C)CNC(=O)Cc1csc(N)n1. The fraction of sp³-hybridized carbons (Fsp3) is 0.600. The molecule has 1 aromatic heterocycles. The number of nitrogens with two attached hydrogens (primary N) is 1. The van der Waals surface area contributed by atoms with Gasteiger partial charge in [-0.3, -0.25) is 4.79 Å². The van der Waals surface area contributed by atoms with Gasteiger partial charge in [-0.15, -0.1) is 11.3 Å². The van der Waals surface area contributed by atoms with Crippen molar-refractivity contribution < 1.29 is 4.79 Å². The molecule has 1 atom stereocenters. The molecular weight excluding hydrogens is 210 g/mol. The molecule has 1 rings (SSSR count). The Hall–Kier alpha value is -1.10. The first kappa shape index (κ1) is 12.0. The number of thiazole rings is 1. The molecule has 0 aliphatic heterocycles. The lowest BCUT2D eigenvalue weighted by Gasteiger charge is -2.09. The van der Waals surface area contributed by atoms with E-state index in [-0.39, 0.29) is 5.91 Å². The van der Waals surface area contributed by atoms with Crippen molar-refractivity contribution in [2.24, 2.45) is 5.92 Å². The summed E-state index contributed by atoms with van der Waals surface area (Å²) in [5.74, 6) is 0.537. The highest BCUT2D eigenvalue weighted by atomic mass is 32.1. The Balaban J connectivity index is 2.30. The van der Waals surface area contributed by atoms with Crippen LogP contribution in [0.1, 0.15) is 26.0 Å². The van der Waals surface area contributed by atoms with Gasteiger partial charge in [0.15, 0.2) is 5.13 Å². The Kier molecular flexibility index (Phi) is 4.55. The molecule has 0 aromatic carbocycles. The van der Waals surface area contributed by atoms with E-state index in [1.165, 1.54) is 11.3 Å². The molecule has 1 unspecified atom stereocenters. The van der Waals surface area contributed by atoms with E-state index in [0.29, 0.717) is 17.5 Å². The molecule has 0 radical (unpaired) electrons. The number of anilines is 1. The van der Waals surface area contributed by atoms with Gasteiger partial charge in [-0.2, -0.15) is 0 Å². The van der Waals surface area contributed by atoms with Gasteiger partial charge in [0, 0.05) is 11.9 Å². The van der Waals surface area contributed by atoms with Crippen molar-refractivity contribution >= 4 is 22.4 Å². The van der Waals surface area contributed by atoms with Crippen LogP contribution in [-0.4, -0.2) is 17.4 Å². The van der Waals surface area contributed by atoms with Crippen molar-refractivity contribution in [3.8, 4) is 0 Å². The second-order valence-electron chi connectivity index (χ2n) is 3.67. The minimum Gasteiger partial charge on any atom is -0.375 e. The third-order valence-corrected chi connectivity index (χ3v) is 2.98. The van der Waals surface area contributed by atoms with Gasteiger partial charge >= 0.3 is 0 Å². The lowest BCUT2D eigenvalue weighted by atomic mass is 10.1. The highest BCUT2D eigenvalue weighted by molar-refractivity contribution is 7.13. The number of hydrogen-bond acceptors (Lipinski definition) is 4. The van der Waals surface area contributed by atoms with Crippen molar-refractivity contribution in [3.05, 3.63) is 11.1 Å². The van der Waals surface area contributed by atoms with Crippen LogP contribution in [0, 0.1) is 5.92 Å². The molecule has 0 fully saturated rings. The second kappa shape index (κ2) is 5.70. The number of aromatic nitrogens is 1. The van der Waals surface area contributed by atoms with Gasteiger partial charge in [-0.05, 0) is 5.92 Å². The van der Waals surface area contributed by atoms with E-state index >= 15 is 0 Å². The zero-order valence-corrected chi connectivity index (χ0v) is 9.93. The zero-order valence-electron chi connectivity index (χ0n) is 9.12. The second-order valence-corrected chi connectivity index (χ2v) is 4.56. The van der Waals surface area contributed by atoms with Gasteiger partial charge in [0.25, 0.3) is 0 Å². The Morgan fingerprint density at radius 3 is 3.00 bits per heavy atom. The molecular formula is C10H17N3OS. The van der Waals surface area contributed by atoms with Gasteiger partial charge in [0.1, 0.15) is 0 Å². The maximum Gasteiger partial charge on any atom is 0.226 e. The Labute approximate surface area is 93.9 Å². The number of rotatable bonds is 5. The molecule has 3 N–H and O–H groups in total. The topological polar surface area (TPSA) is 68.0 Å². The maximum absolute atomic E-state index is 11.5. The maximum atomic E-state index is 11.5. The summed E-state index contributed by atoms with van der Waals surface area (Å²) >= 11 is 1.36. The van der Waals surface area contributed by atoms with Gasteiger partial charge in [0.05, 0.1) is 12.1 Å². The van der Waals surface area contributed by atoms with Gasteiger partial charge < -0.3 is 11.1 Å². The molecule has 1 heterocycles. The summed E-state index contributed by atoms with van der Waals surface area (Å²) in [5.41, 5.74) is 6.22. The number of carbonyl (C=O) groups excluding carboxylic acids is 1. The average Bonchev–Trinajstić information content (AvgIpc) is 2.60. The van der Waals surface area contributed by atoms with E-state index < -0.39 is 0 Å². The first-order chi connectivity index (χ1) is 7.11. The van der Waals surface area contributed by atoms with Gasteiger partial charge in [-0.25, -0.2) is 4.98 Å². The van der Waals surface area contributed by atoms with Crippen LogP contribution in [0.4, 0.5) is 5.13 Å². The van der Waals surface area contributed by atoms with E-state index in [0.717, 1.165) is 18.7 Å². The first-order valence-corrected chi connectivity index (χ1v) is 5.96. The molecule has 4 nitrogen and oxygen atoms in total. The van der Waals surface area contributed by atoms with Crippen LogP contribution in [0.2, 0.25) is 0 Å². The summed E-state index contributed by atoms with van der Waals surface area (Å²) < 4.78 is 0. The monoisotopic (exact) mass is 227 g/mol. The summed E-state index contributed by atoms with van der Waals surface area (Å²) in [5, 5.41) is 5.21. The van der Waals surface area contributed by atoms with E-state index in [4.69, 9.17) is 5.73 Å². The van der Waals surface area contributed by atoms with Crippen molar-refractivity contribution in [1.29, 1.82) is 0 Å². The predicted octanol–water partition coefficient (Wildman–Crippen LogP) is 1.43. The lowest BCUT2D eigenvalue weighted by molar-refractivity contribution is -0.120. The normalized spacial score (nSPS) is 12.4. The molecule has 5 heteroatoms. The lowest BCUT2D eigenvalue weighted by Crippen LogP contribution is -2.29. The standard InChI is InChI=1S/C10H17N3OS/c1-3-7(2)5-12-9(14)4-8-6-15-10(11)13-8/h6-7H,3-5H2,1-2H3,(H2,11,13)(H,12,14). The molecule has 0 aliphatic rings. The van der Waals surface area contributed by atoms with Crippen molar-refractivity contribution in [2.45, 2.75) is 26.7 Å². The Morgan fingerprint density at radius 1 is 1.73 bits per heavy atom. The van der Waals surface area contributed by atoms with Crippen LogP contribution in [0.3, 0.4) is 0 Å². The van der Waals surface area contributed by atoms with E-state index in [9.17, 15) is 4.79 Å². The highest BCUT2D eigenvalue weighted by Crippen LogP contribution is 2.11. The third-order valence-electron chi connectivity index (χ3n) is 2.26. The smallest absolute Gasteiger partial charge is 0.226 e. The summed E-state index contributed by atoms with van der Waals surface area (Å²) in [6, 6.07) is 0. The van der Waals surface area contributed by atoms with Gasteiger partial charge in [-0.1, -0.05) is 20.3 Å². The van der Waals surface area contributed by atoms with Crippen molar-refractivity contribution in [1.82, 2.24) is 10.3 Å². The minimum atomic E-state index is 0.0144.